The van der Waals surface area contributed by atoms with E-state index >= 15 is 0 Å². The van der Waals surface area contributed by atoms with E-state index in [0.717, 1.165) is 44.9 Å². The van der Waals surface area contributed by atoms with E-state index in [1.807, 2.05) is 0 Å². The normalized spacial score (nSPS) is 23.1. The van der Waals surface area contributed by atoms with Gasteiger partial charge in [-0.05, 0) is 56.9 Å². The van der Waals surface area contributed by atoms with E-state index in [2.05, 4.69) is 5.32 Å². The van der Waals surface area contributed by atoms with Crippen LogP contribution in [0.5, 0.6) is 0 Å². The molecule has 2 amide bonds. The van der Waals surface area contributed by atoms with Crippen molar-refractivity contribution in [2.45, 2.75) is 75.3 Å². The molecule has 1 aromatic carbocycles. The van der Waals surface area contributed by atoms with E-state index in [1.165, 1.54) is 35.5 Å². The molecule has 1 saturated carbocycles. The van der Waals surface area contributed by atoms with Crippen LogP contribution >= 0.6 is 0 Å². The average Bonchev–Trinajstić information content (AvgIpc) is 3.49. The Labute approximate surface area is 200 Å². The summed E-state index contributed by atoms with van der Waals surface area (Å²) in [6.45, 7) is 2.88. The van der Waals surface area contributed by atoms with E-state index in [4.69, 9.17) is 4.74 Å². The highest BCUT2D eigenvalue weighted by Gasteiger charge is 2.40. The van der Waals surface area contributed by atoms with Gasteiger partial charge in [0, 0.05) is 37.8 Å². The summed E-state index contributed by atoms with van der Waals surface area (Å²) in [7, 11) is -3.54. The molecule has 1 aromatic rings. The zero-order chi connectivity index (χ0) is 24.3. The molecule has 1 N–H and O–H groups in total. The number of esters is 1. The van der Waals surface area contributed by atoms with Gasteiger partial charge in [-0.3, -0.25) is 14.4 Å². The minimum absolute atomic E-state index is 0.0226. The minimum atomic E-state index is -3.54. The SMILES string of the molecule is C[C@@H](OC(=O)[C@@H]1CC(=O)N(C2CCCC2)C1)C(=O)Nc1ccc(S(=O)(=O)N2CCCCC2)cc1. The molecule has 2 atom stereocenters. The molecule has 2 saturated heterocycles. The van der Waals surface area contributed by atoms with Gasteiger partial charge in [0.05, 0.1) is 10.8 Å². The molecule has 10 heteroatoms. The van der Waals surface area contributed by atoms with Gasteiger partial charge in [-0.25, -0.2) is 8.42 Å². The fraction of sp³-hybridized carbons (Fsp3) is 0.625. The standard InChI is InChI=1S/C24H33N3O6S/c1-17(33-24(30)18-15-22(28)27(16-18)20-7-3-4-8-20)23(29)25-19-9-11-21(12-10-19)34(31,32)26-13-5-2-6-14-26/h9-12,17-18,20H,2-8,13-16H2,1H3,(H,25,29)/t17-,18-/m1/s1. The molecule has 0 radical (unpaired) electrons. The van der Waals surface area contributed by atoms with Gasteiger partial charge in [0.2, 0.25) is 15.9 Å². The number of rotatable bonds is 7. The Kier molecular flexibility index (Phi) is 7.57. The van der Waals surface area contributed by atoms with Gasteiger partial charge in [-0.1, -0.05) is 19.3 Å². The number of anilines is 1. The third kappa shape index (κ3) is 5.43. The Morgan fingerprint density at radius 3 is 2.32 bits per heavy atom. The summed E-state index contributed by atoms with van der Waals surface area (Å²) < 4.78 is 32.4. The lowest BCUT2D eigenvalue weighted by molar-refractivity contribution is -0.157. The monoisotopic (exact) mass is 491 g/mol. The summed E-state index contributed by atoms with van der Waals surface area (Å²) >= 11 is 0. The van der Waals surface area contributed by atoms with Gasteiger partial charge in [-0.2, -0.15) is 4.31 Å². The van der Waals surface area contributed by atoms with E-state index in [9.17, 15) is 22.8 Å². The lowest BCUT2D eigenvalue weighted by Crippen LogP contribution is -2.36. The molecule has 0 aromatic heterocycles. The molecule has 34 heavy (non-hydrogen) atoms. The molecule has 3 aliphatic rings. The number of likely N-dealkylation sites (tertiary alicyclic amines) is 1. The smallest absolute Gasteiger partial charge is 0.312 e. The molecular weight excluding hydrogens is 458 g/mol. The summed E-state index contributed by atoms with van der Waals surface area (Å²) in [5, 5.41) is 2.66. The fourth-order valence-electron chi connectivity index (χ4n) is 4.99. The third-order valence-corrected chi connectivity index (χ3v) is 8.91. The summed E-state index contributed by atoms with van der Waals surface area (Å²) in [5.41, 5.74) is 0.411. The molecule has 2 heterocycles. The van der Waals surface area contributed by atoms with E-state index < -0.39 is 33.9 Å². The van der Waals surface area contributed by atoms with E-state index in [0.29, 0.717) is 25.3 Å². The highest BCUT2D eigenvalue weighted by atomic mass is 32.2. The predicted molar refractivity (Wildman–Crippen MR) is 125 cm³/mol. The number of nitrogens with zero attached hydrogens (tertiary/aromatic N) is 2. The van der Waals surface area contributed by atoms with Crippen molar-refractivity contribution < 1.29 is 27.5 Å². The molecular formula is C24H33N3O6S. The second-order valence-corrected chi connectivity index (χ2v) is 11.4. The van der Waals surface area contributed by atoms with Crippen LogP contribution in [0.1, 0.15) is 58.3 Å². The molecule has 9 nitrogen and oxygen atoms in total. The Morgan fingerprint density at radius 1 is 1.03 bits per heavy atom. The Balaban J connectivity index is 1.29. The van der Waals surface area contributed by atoms with Gasteiger partial charge in [-0.15, -0.1) is 0 Å². The average molecular weight is 492 g/mol. The topological polar surface area (TPSA) is 113 Å². The van der Waals surface area contributed by atoms with Gasteiger partial charge in [0.1, 0.15) is 0 Å². The maximum Gasteiger partial charge on any atom is 0.312 e. The van der Waals surface area contributed by atoms with Crippen LogP contribution in [-0.2, 0) is 29.1 Å². The van der Waals surface area contributed by atoms with Crippen LogP contribution in [0.3, 0.4) is 0 Å². The van der Waals surface area contributed by atoms with Gasteiger partial charge in [0.25, 0.3) is 5.91 Å². The first-order valence-corrected chi connectivity index (χ1v) is 13.6. The number of hydrogen-bond donors (Lipinski definition) is 1. The van der Waals surface area contributed by atoms with Gasteiger partial charge < -0.3 is 15.0 Å². The second kappa shape index (κ2) is 10.4. The van der Waals surface area contributed by atoms with Crippen molar-refractivity contribution in [3.05, 3.63) is 24.3 Å². The van der Waals surface area contributed by atoms with Crippen molar-refractivity contribution in [2.75, 3.05) is 25.0 Å². The number of benzene rings is 1. The number of sulfonamides is 1. The van der Waals surface area contributed by atoms with Crippen molar-refractivity contribution in [3.8, 4) is 0 Å². The van der Waals surface area contributed by atoms with Gasteiger partial charge in [0.15, 0.2) is 6.10 Å². The first-order chi connectivity index (χ1) is 16.3. The van der Waals surface area contributed by atoms with Crippen molar-refractivity contribution in [2.24, 2.45) is 5.92 Å². The molecule has 0 spiro atoms. The summed E-state index contributed by atoms with van der Waals surface area (Å²) in [6.07, 6.45) is 5.99. The molecule has 3 fully saturated rings. The van der Waals surface area contributed by atoms with Crippen LogP contribution in [0.2, 0.25) is 0 Å². The Bertz CT molecular complexity index is 1010. The van der Waals surface area contributed by atoms with Crippen molar-refractivity contribution >= 4 is 33.5 Å². The predicted octanol–water partition coefficient (Wildman–Crippen LogP) is 2.52. The molecule has 0 bridgehead atoms. The Hall–Kier alpha value is -2.46. The zero-order valence-corrected chi connectivity index (χ0v) is 20.4. The summed E-state index contributed by atoms with van der Waals surface area (Å²) in [6, 6.07) is 6.21. The van der Waals surface area contributed by atoms with Gasteiger partial charge >= 0.3 is 5.97 Å². The second-order valence-electron chi connectivity index (χ2n) is 9.44. The van der Waals surface area contributed by atoms with Crippen LogP contribution in [0, 0.1) is 5.92 Å². The maximum absolute atomic E-state index is 12.8. The first kappa shape index (κ1) is 24.7. The number of nitrogens with one attached hydrogen (secondary N) is 1. The largest absolute Gasteiger partial charge is 0.452 e. The maximum atomic E-state index is 12.8. The molecule has 2 aliphatic heterocycles. The third-order valence-electron chi connectivity index (χ3n) is 6.99. The number of hydrogen-bond acceptors (Lipinski definition) is 6. The first-order valence-electron chi connectivity index (χ1n) is 12.2. The number of piperidine rings is 1. The molecule has 1 aliphatic carbocycles. The van der Waals surface area contributed by atoms with E-state index in [1.54, 1.807) is 4.90 Å². The Morgan fingerprint density at radius 2 is 1.68 bits per heavy atom. The van der Waals surface area contributed by atoms with Crippen molar-refractivity contribution in [3.63, 3.8) is 0 Å². The number of carbonyl (C=O) groups is 3. The quantitative estimate of drug-likeness (QED) is 0.587. The van der Waals surface area contributed by atoms with Crippen LogP contribution < -0.4 is 5.32 Å². The lowest BCUT2D eigenvalue weighted by atomic mass is 10.1. The lowest BCUT2D eigenvalue weighted by Gasteiger charge is -2.25. The zero-order valence-electron chi connectivity index (χ0n) is 19.6. The van der Waals surface area contributed by atoms with Crippen molar-refractivity contribution in [1.82, 2.24) is 9.21 Å². The van der Waals surface area contributed by atoms with Crippen LogP contribution in [0.25, 0.3) is 0 Å². The summed E-state index contributed by atoms with van der Waals surface area (Å²) in [4.78, 5) is 39.4. The van der Waals surface area contributed by atoms with Crippen LogP contribution in [0.4, 0.5) is 5.69 Å². The van der Waals surface area contributed by atoms with Crippen molar-refractivity contribution in [1.29, 1.82) is 0 Å². The number of carbonyl (C=O) groups excluding carboxylic acids is 3. The minimum Gasteiger partial charge on any atom is -0.452 e. The highest BCUT2D eigenvalue weighted by Crippen LogP contribution is 2.30. The number of ether oxygens (including phenoxy) is 1. The van der Waals surface area contributed by atoms with Crippen LogP contribution in [-0.4, -0.2) is 67.2 Å². The fourth-order valence-corrected chi connectivity index (χ4v) is 6.51. The highest BCUT2D eigenvalue weighted by molar-refractivity contribution is 7.89. The molecule has 0 unspecified atom stereocenters. The molecule has 186 valence electrons. The summed E-state index contributed by atoms with van der Waals surface area (Å²) in [5.74, 6) is -1.63. The van der Waals surface area contributed by atoms with E-state index in [-0.39, 0.29) is 23.3 Å². The van der Waals surface area contributed by atoms with Crippen LogP contribution in [0.15, 0.2) is 29.2 Å². The number of amides is 2. The molecule has 4 rings (SSSR count).